The zero-order valence-electron chi connectivity index (χ0n) is 9.90. The van der Waals surface area contributed by atoms with Crippen molar-refractivity contribution in [1.29, 1.82) is 0 Å². The molecule has 0 bridgehead atoms. The van der Waals surface area contributed by atoms with Crippen LogP contribution in [0.1, 0.15) is 12.5 Å². The molecule has 3 aromatic rings. The average molecular weight is 221 g/mol. The van der Waals surface area contributed by atoms with E-state index in [9.17, 15) is 0 Å². The molecule has 0 unspecified atom stereocenters. The van der Waals surface area contributed by atoms with Crippen molar-refractivity contribution in [3.8, 4) is 0 Å². The van der Waals surface area contributed by atoms with Gasteiger partial charge in [0.15, 0.2) is 0 Å². The predicted molar refractivity (Wildman–Crippen MR) is 75.2 cm³/mol. The Balaban J connectivity index is 2.43. The smallest absolute Gasteiger partial charge is 0.0396 e. The summed E-state index contributed by atoms with van der Waals surface area (Å²) in [5.74, 6) is 0. The van der Waals surface area contributed by atoms with Crippen molar-refractivity contribution in [2.24, 2.45) is 0 Å². The van der Waals surface area contributed by atoms with E-state index in [1.54, 1.807) is 0 Å². The minimum absolute atomic E-state index is 0.880. The van der Waals surface area contributed by atoms with Gasteiger partial charge in [0.25, 0.3) is 0 Å². The van der Waals surface area contributed by atoms with Crippen molar-refractivity contribution in [2.75, 3.05) is 5.73 Å². The van der Waals surface area contributed by atoms with E-state index in [2.05, 4.69) is 55.5 Å². The van der Waals surface area contributed by atoms with E-state index in [4.69, 9.17) is 5.73 Å². The number of rotatable bonds is 1. The highest BCUT2D eigenvalue weighted by Crippen LogP contribution is 2.28. The third-order valence-electron chi connectivity index (χ3n) is 3.32. The summed E-state index contributed by atoms with van der Waals surface area (Å²) in [4.78, 5) is 0. The molecule has 0 saturated heterocycles. The summed E-state index contributed by atoms with van der Waals surface area (Å²) < 4.78 is 0. The third-order valence-corrected chi connectivity index (χ3v) is 3.32. The highest BCUT2D eigenvalue weighted by molar-refractivity contribution is 6.03. The Morgan fingerprint density at radius 1 is 0.882 bits per heavy atom. The Kier molecular flexibility index (Phi) is 2.25. The van der Waals surface area contributed by atoms with E-state index in [0.29, 0.717) is 0 Å². The Bertz CT molecular complexity index is 698. The maximum atomic E-state index is 6.12. The lowest BCUT2D eigenvalue weighted by Gasteiger charge is -2.07. The molecule has 0 aliphatic carbocycles. The minimum Gasteiger partial charge on any atom is -0.398 e. The van der Waals surface area contributed by atoms with Crippen LogP contribution >= 0.6 is 0 Å². The number of fused-ring (bicyclic) bond motifs is 2. The quantitative estimate of drug-likeness (QED) is 0.485. The van der Waals surface area contributed by atoms with Gasteiger partial charge in [0.2, 0.25) is 0 Å². The Hall–Kier alpha value is -2.02. The van der Waals surface area contributed by atoms with Crippen molar-refractivity contribution >= 4 is 27.2 Å². The first-order valence-electron chi connectivity index (χ1n) is 5.99. The molecule has 1 nitrogen and oxygen atoms in total. The molecule has 0 aromatic heterocycles. The van der Waals surface area contributed by atoms with Crippen molar-refractivity contribution in [3.63, 3.8) is 0 Å². The number of nitrogen functional groups attached to an aromatic ring is 1. The largest absolute Gasteiger partial charge is 0.398 e. The van der Waals surface area contributed by atoms with E-state index in [1.807, 2.05) is 0 Å². The van der Waals surface area contributed by atoms with Crippen LogP contribution in [0.4, 0.5) is 5.69 Å². The summed E-state index contributed by atoms with van der Waals surface area (Å²) >= 11 is 0. The molecule has 2 N–H and O–H groups in total. The number of aryl methyl sites for hydroxylation is 1. The SMILES string of the molecule is CCc1cc(N)c2cc3ccccc3cc2c1. The number of nitrogens with two attached hydrogens (primary N) is 1. The van der Waals surface area contributed by atoms with Crippen LogP contribution < -0.4 is 5.73 Å². The minimum atomic E-state index is 0.880. The fourth-order valence-electron chi connectivity index (χ4n) is 2.35. The lowest BCUT2D eigenvalue weighted by atomic mass is 9.99. The first kappa shape index (κ1) is 10.2. The van der Waals surface area contributed by atoms with Gasteiger partial charge in [-0.15, -0.1) is 0 Å². The molecule has 0 aliphatic heterocycles. The monoisotopic (exact) mass is 221 g/mol. The van der Waals surface area contributed by atoms with Gasteiger partial charge in [-0.3, -0.25) is 0 Å². The molecule has 84 valence electrons. The summed E-state index contributed by atoms with van der Waals surface area (Å²) in [6.45, 7) is 2.15. The first-order valence-corrected chi connectivity index (χ1v) is 5.99. The van der Waals surface area contributed by atoms with Gasteiger partial charge in [-0.25, -0.2) is 0 Å². The average Bonchev–Trinajstić information content (AvgIpc) is 2.36. The van der Waals surface area contributed by atoms with E-state index in [1.165, 1.54) is 21.7 Å². The zero-order chi connectivity index (χ0) is 11.8. The molecule has 0 aliphatic rings. The molecule has 3 rings (SSSR count). The molecule has 0 fully saturated rings. The maximum Gasteiger partial charge on any atom is 0.0396 e. The van der Waals surface area contributed by atoms with Crippen molar-refractivity contribution in [3.05, 3.63) is 54.1 Å². The Morgan fingerprint density at radius 2 is 1.59 bits per heavy atom. The lowest BCUT2D eigenvalue weighted by molar-refractivity contribution is 1.15. The van der Waals surface area contributed by atoms with Crippen LogP contribution in [0.2, 0.25) is 0 Å². The van der Waals surface area contributed by atoms with Gasteiger partial charge in [-0.2, -0.15) is 0 Å². The zero-order valence-corrected chi connectivity index (χ0v) is 9.90. The van der Waals surface area contributed by atoms with Crippen LogP contribution in [0.5, 0.6) is 0 Å². The summed E-state index contributed by atoms with van der Waals surface area (Å²) in [5, 5.41) is 4.91. The van der Waals surface area contributed by atoms with Crippen LogP contribution in [0.25, 0.3) is 21.5 Å². The summed E-state index contributed by atoms with van der Waals surface area (Å²) in [5.41, 5.74) is 8.30. The van der Waals surface area contributed by atoms with E-state index < -0.39 is 0 Å². The second kappa shape index (κ2) is 3.77. The van der Waals surface area contributed by atoms with Crippen molar-refractivity contribution < 1.29 is 0 Å². The maximum absolute atomic E-state index is 6.12. The predicted octanol–water partition coefficient (Wildman–Crippen LogP) is 4.14. The highest BCUT2D eigenvalue weighted by atomic mass is 14.5. The number of anilines is 1. The molecule has 0 atom stereocenters. The van der Waals surface area contributed by atoms with Crippen LogP contribution in [-0.4, -0.2) is 0 Å². The Labute approximate surface area is 101 Å². The van der Waals surface area contributed by atoms with Crippen molar-refractivity contribution in [1.82, 2.24) is 0 Å². The number of hydrogen-bond acceptors (Lipinski definition) is 1. The van der Waals surface area contributed by atoms with Gasteiger partial charge in [-0.1, -0.05) is 37.3 Å². The van der Waals surface area contributed by atoms with Crippen LogP contribution in [0.3, 0.4) is 0 Å². The van der Waals surface area contributed by atoms with Gasteiger partial charge in [-0.05, 0) is 46.3 Å². The van der Waals surface area contributed by atoms with Gasteiger partial charge in [0.05, 0.1) is 0 Å². The number of hydrogen-bond donors (Lipinski definition) is 1. The molecule has 0 amide bonds. The fraction of sp³-hybridized carbons (Fsp3) is 0.125. The first-order chi connectivity index (χ1) is 8.28. The molecule has 0 heterocycles. The molecule has 0 radical (unpaired) electrons. The second-order valence-corrected chi connectivity index (χ2v) is 4.46. The molecule has 0 saturated carbocycles. The van der Waals surface area contributed by atoms with E-state index >= 15 is 0 Å². The number of benzene rings is 3. The molecular weight excluding hydrogens is 206 g/mol. The summed E-state index contributed by atoms with van der Waals surface area (Å²) in [6, 6.07) is 17.1. The summed E-state index contributed by atoms with van der Waals surface area (Å²) in [7, 11) is 0. The van der Waals surface area contributed by atoms with Gasteiger partial charge >= 0.3 is 0 Å². The van der Waals surface area contributed by atoms with Crippen LogP contribution in [0.15, 0.2) is 48.5 Å². The van der Waals surface area contributed by atoms with Crippen LogP contribution in [0, 0.1) is 0 Å². The Morgan fingerprint density at radius 3 is 2.29 bits per heavy atom. The third kappa shape index (κ3) is 1.64. The van der Waals surface area contributed by atoms with Gasteiger partial charge in [0.1, 0.15) is 0 Å². The molecule has 17 heavy (non-hydrogen) atoms. The molecule has 1 heteroatoms. The summed E-state index contributed by atoms with van der Waals surface area (Å²) in [6.07, 6.45) is 1.02. The topological polar surface area (TPSA) is 26.0 Å². The normalized spacial score (nSPS) is 11.1. The molecule has 3 aromatic carbocycles. The van der Waals surface area contributed by atoms with Crippen molar-refractivity contribution in [2.45, 2.75) is 13.3 Å². The van der Waals surface area contributed by atoms with Crippen LogP contribution in [-0.2, 0) is 6.42 Å². The van der Waals surface area contributed by atoms with Gasteiger partial charge < -0.3 is 5.73 Å². The van der Waals surface area contributed by atoms with E-state index in [0.717, 1.165) is 17.5 Å². The van der Waals surface area contributed by atoms with E-state index in [-0.39, 0.29) is 0 Å². The van der Waals surface area contributed by atoms with Gasteiger partial charge in [0, 0.05) is 11.1 Å². The second-order valence-electron chi connectivity index (χ2n) is 4.46. The standard InChI is InChI=1S/C16H15N/c1-2-11-7-14-9-12-5-3-4-6-13(12)10-15(14)16(17)8-11/h3-10H,2,17H2,1H3. The lowest BCUT2D eigenvalue weighted by Crippen LogP contribution is -1.90. The molecular formula is C16H15N. The fourth-order valence-corrected chi connectivity index (χ4v) is 2.35. The molecule has 0 spiro atoms. The highest BCUT2D eigenvalue weighted by Gasteiger charge is 2.02.